The van der Waals surface area contributed by atoms with Gasteiger partial charge in [-0.2, -0.15) is 0 Å². The second-order valence-electron chi connectivity index (χ2n) is 6.61. The third-order valence-electron chi connectivity index (χ3n) is 4.83. The summed E-state index contributed by atoms with van der Waals surface area (Å²) < 4.78 is 10.2. The summed E-state index contributed by atoms with van der Waals surface area (Å²) in [5, 5.41) is 20.1. The van der Waals surface area contributed by atoms with Crippen molar-refractivity contribution < 1.29 is 13.8 Å². The molecule has 1 fully saturated rings. The van der Waals surface area contributed by atoms with E-state index in [1.165, 1.54) is 6.07 Å². The summed E-state index contributed by atoms with van der Waals surface area (Å²) in [5.74, 6) is 0.382. The number of aromatic amines is 1. The zero-order valence-corrected chi connectivity index (χ0v) is 15.0. The molecule has 28 heavy (non-hydrogen) atoms. The zero-order valence-electron chi connectivity index (χ0n) is 15.0. The summed E-state index contributed by atoms with van der Waals surface area (Å²) >= 11 is 0. The maximum atomic E-state index is 11.1. The molecule has 10 nitrogen and oxygen atoms in total. The molecule has 3 aromatic rings. The SMILES string of the molecule is O=c1[nH]nc(C2CCN(c3ccc(NCc4ccc([N+](=O)[O-])o4)cc3)CC2)o1. The van der Waals surface area contributed by atoms with Gasteiger partial charge in [0.1, 0.15) is 10.7 Å². The number of benzene rings is 1. The van der Waals surface area contributed by atoms with E-state index in [2.05, 4.69) is 20.4 Å². The second kappa shape index (κ2) is 7.59. The van der Waals surface area contributed by atoms with Crippen molar-refractivity contribution in [2.24, 2.45) is 0 Å². The maximum absolute atomic E-state index is 11.1. The van der Waals surface area contributed by atoms with Crippen LogP contribution in [0, 0.1) is 10.1 Å². The number of hydrogen-bond acceptors (Lipinski definition) is 8. The minimum absolute atomic E-state index is 0.161. The molecule has 0 spiro atoms. The van der Waals surface area contributed by atoms with Crippen molar-refractivity contribution in [3.63, 3.8) is 0 Å². The molecular formula is C18H19N5O5. The van der Waals surface area contributed by atoms with Crippen molar-refractivity contribution in [3.05, 3.63) is 68.7 Å². The topological polar surface area (TPSA) is 130 Å². The molecule has 1 aliphatic rings. The molecule has 4 rings (SSSR count). The fraction of sp³-hybridized carbons (Fsp3) is 0.333. The van der Waals surface area contributed by atoms with Crippen LogP contribution >= 0.6 is 0 Å². The average molecular weight is 385 g/mol. The predicted molar refractivity (Wildman–Crippen MR) is 100 cm³/mol. The summed E-state index contributed by atoms with van der Waals surface area (Å²) in [6.07, 6.45) is 1.73. The third kappa shape index (κ3) is 3.90. The number of H-pyrrole nitrogens is 1. The van der Waals surface area contributed by atoms with E-state index < -0.39 is 10.7 Å². The summed E-state index contributed by atoms with van der Waals surface area (Å²) in [5.41, 5.74) is 2.01. The number of nitrogens with zero attached hydrogens (tertiary/aromatic N) is 3. The van der Waals surface area contributed by atoms with Gasteiger partial charge in [-0.1, -0.05) is 0 Å². The standard InChI is InChI=1S/C18H19N5O5/c24-18-21-20-17(28-18)12-7-9-22(10-8-12)14-3-1-13(2-4-14)19-11-15-5-6-16(27-15)23(25)26/h1-6,12,19H,7-11H2,(H,21,24). The second-order valence-corrected chi connectivity index (χ2v) is 6.61. The van der Waals surface area contributed by atoms with Gasteiger partial charge in [0.15, 0.2) is 0 Å². The minimum Gasteiger partial charge on any atom is -0.404 e. The first kappa shape index (κ1) is 17.8. The van der Waals surface area contributed by atoms with Crippen molar-refractivity contribution in [2.75, 3.05) is 23.3 Å². The predicted octanol–water partition coefficient (Wildman–Crippen LogP) is 2.86. The quantitative estimate of drug-likeness (QED) is 0.489. The van der Waals surface area contributed by atoms with Crippen LogP contribution in [-0.2, 0) is 6.54 Å². The fourth-order valence-electron chi connectivity index (χ4n) is 3.34. The highest BCUT2D eigenvalue weighted by Crippen LogP contribution is 2.29. The van der Waals surface area contributed by atoms with Crippen LogP contribution in [0.2, 0.25) is 0 Å². The van der Waals surface area contributed by atoms with Crippen molar-refractivity contribution in [2.45, 2.75) is 25.3 Å². The van der Waals surface area contributed by atoms with Crippen molar-refractivity contribution >= 4 is 17.3 Å². The number of aromatic nitrogens is 2. The third-order valence-corrected chi connectivity index (χ3v) is 4.83. The number of rotatable bonds is 6. The van der Waals surface area contributed by atoms with Crippen molar-refractivity contribution in [3.8, 4) is 0 Å². The minimum atomic E-state index is -0.554. The maximum Gasteiger partial charge on any atom is 0.434 e. The smallest absolute Gasteiger partial charge is 0.404 e. The molecule has 1 saturated heterocycles. The van der Waals surface area contributed by atoms with Crippen LogP contribution in [0.25, 0.3) is 0 Å². The van der Waals surface area contributed by atoms with Gasteiger partial charge >= 0.3 is 11.6 Å². The van der Waals surface area contributed by atoms with Crippen LogP contribution in [-0.4, -0.2) is 28.2 Å². The van der Waals surface area contributed by atoms with E-state index in [4.69, 9.17) is 8.83 Å². The molecule has 0 unspecified atom stereocenters. The Morgan fingerprint density at radius 2 is 1.93 bits per heavy atom. The number of anilines is 2. The number of furan rings is 1. The number of hydrogen-bond donors (Lipinski definition) is 2. The highest BCUT2D eigenvalue weighted by Gasteiger charge is 2.24. The zero-order chi connectivity index (χ0) is 19.5. The van der Waals surface area contributed by atoms with Gasteiger partial charge in [-0.25, -0.2) is 9.89 Å². The Bertz CT molecular complexity index is 998. The van der Waals surface area contributed by atoms with Crippen LogP contribution in [0.15, 0.2) is 50.0 Å². The van der Waals surface area contributed by atoms with Gasteiger partial charge in [-0.05, 0) is 43.2 Å². The average Bonchev–Trinajstić information content (AvgIpc) is 3.36. The molecular weight excluding hydrogens is 366 g/mol. The van der Waals surface area contributed by atoms with E-state index in [9.17, 15) is 14.9 Å². The monoisotopic (exact) mass is 385 g/mol. The van der Waals surface area contributed by atoms with Crippen LogP contribution in [0.1, 0.15) is 30.4 Å². The lowest BCUT2D eigenvalue weighted by Crippen LogP contribution is -2.32. The molecule has 3 heterocycles. The molecule has 1 aromatic carbocycles. The van der Waals surface area contributed by atoms with E-state index in [1.54, 1.807) is 6.07 Å². The van der Waals surface area contributed by atoms with Crippen molar-refractivity contribution in [1.82, 2.24) is 10.2 Å². The first-order chi connectivity index (χ1) is 13.6. The molecule has 0 radical (unpaired) electrons. The number of nitrogens with one attached hydrogen (secondary N) is 2. The first-order valence-corrected chi connectivity index (χ1v) is 8.96. The van der Waals surface area contributed by atoms with Crippen LogP contribution in [0.4, 0.5) is 17.3 Å². The van der Waals surface area contributed by atoms with Gasteiger partial charge in [0.25, 0.3) is 0 Å². The number of nitro groups is 1. The molecule has 0 amide bonds. The lowest BCUT2D eigenvalue weighted by atomic mass is 9.96. The Morgan fingerprint density at radius 3 is 2.54 bits per heavy atom. The first-order valence-electron chi connectivity index (χ1n) is 8.96. The van der Waals surface area contributed by atoms with Gasteiger partial charge < -0.3 is 19.1 Å². The largest absolute Gasteiger partial charge is 0.434 e. The Labute approximate surface area is 159 Å². The Balaban J connectivity index is 1.30. The lowest BCUT2D eigenvalue weighted by Gasteiger charge is -2.32. The van der Waals surface area contributed by atoms with Crippen LogP contribution in [0.3, 0.4) is 0 Å². The van der Waals surface area contributed by atoms with Gasteiger partial charge in [-0.3, -0.25) is 10.1 Å². The van der Waals surface area contributed by atoms with Gasteiger partial charge in [0.2, 0.25) is 5.89 Å². The summed E-state index contributed by atoms with van der Waals surface area (Å²) in [6, 6.07) is 10.9. The number of piperidine rings is 1. The Morgan fingerprint density at radius 1 is 1.18 bits per heavy atom. The van der Waals surface area contributed by atoms with Crippen LogP contribution in [0.5, 0.6) is 0 Å². The molecule has 146 valence electrons. The molecule has 2 aromatic heterocycles. The van der Waals surface area contributed by atoms with Gasteiger partial charge in [0, 0.05) is 30.4 Å². The van der Waals surface area contributed by atoms with E-state index in [0.29, 0.717) is 18.2 Å². The highest BCUT2D eigenvalue weighted by molar-refractivity contribution is 5.55. The van der Waals surface area contributed by atoms with E-state index in [-0.39, 0.29) is 11.8 Å². The molecule has 1 aliphatic heterocycles. The van der Waals surface area contributed by atoms with E-state index in [0.717, 1.165) is 37.3 Å². The summed E-state index contributed by atoms with van der Waals surface area (Å²) in [7, 11) is 0. The molecule has 0 aliphatic carbocycles. The van der Waals surface area contributed by atoms with Crippen LogP contribution < -0.4 is 16.0 Å². The molecule has 0 saturated carbocycles. The van der Waals surface area contributed by atoms with E-state index in [1.807, 2.05) is 24.3 Å². The fourth-order valence-corrected chi connectivity index (χ4v) is 3.34. The molecule has 2 N–H and O–H groups in total. The Hall–Kier alpha value is -3.56. The summed E-state index contributed by atoms with van der Waals surface area (Å²) in [6.45, 7) is 2.07. The molecule has 0 atom stereocenters. The lowest BCUT2D eigenvalue weighted by molar-refractivity contribution is -0.402. The molecule has 0 bridgehead atoms. The Kier molecular flexibility index (Phi) is 4.83. The van der Waals surface area contributed by atoms with Crippen molar-refractivity contribution in [1.29, 1.82) is 0 Å². The van der Waals surface area contributed by atoms with Gasteiger partial charge in [0.05, 0.1) is 12.6 Å². The molecule has 10 heteroatoms. The highest BCUT2D eigenvalue weighted by atomic mass is 16.6. The normalized spacial score (nSPS) is 14.9. The van der Waals surface area contributed by atoms with Gasteiger partial charge in [-0.15, -0.1) is 5.10 Å². The van der Waals surface area contributed by atoms with E-state index >= 15 is 0 Å². The summed E-state index contributed by atoms with van der Waals surface area (Å²) in [4.78, 5) is 23.5.